The van der Waals surface area contributed by atoms with E-state index in [1.807, 2.05) is 6.92 Å². The molecule has 1 aromatic rings. The van der Waals surface area contributed by atoms with Crippen molar-refractivity contribution in [3.8, 4) is 5.75 Å². The van der Waals surface area contributed by atoms with Crippen molar-refractivity contribution in [1.82, 2.24) is 45.8 Å². The molecule has 0 aromatic heterocycles. The highest BCUT2D eigenvalue weighted by molar-refractivity contribution is 6.08. The number of carbonyl (C=O) groups is 20. The zero-order valence-corrected chi connectivity index (χ0v) is 63.3. The number of carboxylic acids is 1. The van der Waals surface area contributed by atoms with Crippen molar-refractivity contribution < 1.29 is 140 Å². The van der Waals surface area contributed by atoms with Crippen LogP contribution in [0.15, 0.2) is 18.2 Å². The van der Waals surface area contributed by atoms with Crippen LogP contribution in [-0.4, -0.2) is 272 Å². The van der Waals surface area contributed by atoms with Crippen LogP contribution in [-0.2, 0) is 121 Å². The van der Waals surface area contributed by atoms with Crippen LogP contribution in [0, 0.1) is 29.6 Å². The highest BCUT2D eigenvalue weighted by Gasteiger charge is 2.49. The summed E-state index contributed by atoms with van der Waals surface area (Å²) < 4.78 is 25.8. The van der Waals surface area contributed by atoms with Crippen molar-refractivity contribution in [2.24, 2.45) is 29.6 Å². The average Bonchev–Trinajstić information content (AvgIpc) is 1.79. The van der Waals surface area contributed by atoms with E-state index >= 15 is 0 Å². The maximum Gasteiger partial charge on any atom is 0.335 e. The molecule has 5 unspecified atom stereocenters. The van der Waals surface area contributed by atoms with Gasteiger partial charge in [0.25, 0.3) is 0 Å². The van der Waals surface area contributed by atoms with Crippen molar-refractivity contribution >= 4 is 124 Å². The Balaban J connectivity index is 0.000000488. The third kappa shape index (κ3) is 33.0. The number of amides is 15. The Morgan fingerprint density at radius 1 is 0.514 bits per heavy atom. The Labute approximate surface area is 628 Å². The summed E-state index contributed by atoms with van der Waals surface area (Å²) in [6, 6.07) is 4.04. The third-order valence-corrected chi connectivity index (χ3v) is 16.3. The number of esters is 1. The van der Waals surface area contributed by atoms with E-state index in [1.54, 1.807) is 48.5 Å². The topological polar surface area (TPSA) is 545 Å². The Bertz CT molecular complexity index is 3490. The molecule has 6 saturated heterocycles. The minimum Gasteiger partial charge on any atom is -0.479 e. The number of likely N-dealkylation sites (tertiary alicyclic amines) is 5. The number of anilines is 1. The Kier molecular flexibility index (Phi) is 41.4. The number of hydrogen-bond acceptors (Lipinski definition) is 28. The lowest BCUT2D eigenvalue weighted by Gasteiger charge is -2.38. The van der Waals surface area contributed by atoms with Crippen molar-refractivity contribution in [3.05, 3.63) is 23.8 Å². The van der Waals surface area contributed by atoms with Gasteiger partial charge in [-0.05, 0) is 51.8 Å². The minimum absolute atomic E-state index is 0.000142. The number of hydrogen-bond donors (Lipinski definition) is 9. The fraction of sp³-hybridized carbons (Fsp3) is 0.629. The number of nitrogens with zero attached hydrogens (tertiary/aromatic N) is 5. The number of benzene rings is 1. The number of aliphatic hydroxyl groups is 3. The van der Waals surface area contributed by atoms with Crippen molar-refractivity contribution in [3.63, 3.8) is 0 Å². The fourth-order valence-corrected chi connectivity index (χ4v) is 10.3. The van der Waals surface area contributed by atoms with Crippen LogP contribution < -0.4 is 31.3 Å². The van der Waals surface area contributed by atoms with E-state index in [-0.39, 0.29) is 183 Å². The first kappa shape index (κ1) is 94.9. The molecule has 39 nitrogen and oxygen atoms in total. The monoisotopic (exact) mass is 1550 g/mol. The standard InChI is InChI=1S/C24H29N3O13.C12H18N2O5.C12H19NO4.C9H13NO3.C7H11NO2.C6H12N2O2/c1-10-5-17(31)27(22(10)35)8-16(30)25-7-15(29)26-13-6-12(9-38-11(2)28)3-4-14(13)39-24-20(34)18(32)19(33)21(40-24)23(36)37;1-8-5-11(17)14(12(8)18)6-10(16)13-3-4-19-7-9(2)15;1-9-8-11(15)13(12(9)16)5-7-17-6-3-4-10(2)14;1-6-5-8(12)10(9(6)13)4-3-7(2)11;1-3-8-6(9)4-5(2)7(8)10;1-3-6(10)8-4-7-5(2)9/h3-4,6,10,18-21,24,32-34H,5,7-9H2,1-2H3,(H,25,30)(H,26,29)(H,36,37);8H,3-7H2,1-2H3,(H,13,16);9H,3-8H2,1-2H3;6H,3-5H2,1-2H3;5H,3-4H2,1-2H3;3-4H2,1-2H3,(H,7,9)(H,8,10)/t10?,18-,19-,20+,21-,24+;;;;;/m0...../s1. The predicted octanol–water partition coefficient (Wildman–Crippen LogP) is -2.29. The predicted molar refractivity (Wildman–Crippen MR) is 374 cm³/mol. The molecular formula is C70H102N10O29. The molecular weight excluding hydrogens is 1440 g/mol. The van der Waals surface area contributed by atoms with Gasteiger partial charge < -0.3 is 75.5 Å². The Morgan fingerprint density at radius 2 is 0.991 bits per heavy atom. The lowest BCUT2D eigenvalue weighted by atomic mass is 9.99. The number of nitrogens with one attached hydrogen (secondary N) is 5. The molecule has 10 atom stereocenters. The summed E-state index contributed by atoms with van der Waals surface area (Å²) in [5.41, 5.74) is 0.303. The average molecular weight is 1550 g/mol. The number of imide groups is 5. The summed E-state index contributed by atoms with van der Waals surface area (Å²) in [6.45, 7) is 20.1. The van der Waals surface area contributed by atoms with Crippen molar-refractivity contribution in [2.45, 2.75) is 178 Å². The summed E-state index contributed by atoms with van der Waals surface area (Å²) >= 11 is 0. The molecule has 9 N–H and O–H groups in total. The molecule has 39 heteroatoms. The number of carbonyl (C=O) groups excluding carboxylic acids is 19. The first-order chi connectivity index (χ1) is 51.1. The molecule has 6 aliphatic rings. The van der Waals surface area contributed by atoms with Gasteiger partial charge >= 0.3 is 11.9 Å². The smallest absolute Gasteiger partial charge is 0.335 e. The van der Waals surface area contributed by atoms with Gasteiger partial charge in [-0.2, -0.15) is 0 Å². The first-order valence-electron chi connectivity index (χ1n) is 35.1. The largest absolute Gasteiger partial charge is 0.479 e. The molecule has 6 aliphatic heterocycles. The number of aliphatic hydroxyl groups excluding tert-OH is 3. The van der Waals surface area contributed by atoms with E-state index in [1.165, 1.54) is 60.6 Å². The van der Waals surface area contributed by atoms with Gasteiger partial charge in [-0.1, -0.05) is 47.6 Å². The summed E-state index contributed by atoms with van der Waals surface area (Å²) in [6.07, 6.45) is -6.43. The molecule has 6 heterocycles. The Morgan fingerprint density at radius 3 is 1.41 bits per heavy atom. The van der Waals surface area contributed by atoms with Gasteiger partial charge in [-0.25, -0.2) is 4.79 Å². The first-order valence-corrected chi connectivity index (χ1v) is 35.1. The van der Waals surface area contributed by atoms with E-state index < -0.39 is 91.2 Å². The summed E-state index contributed by atoms with van der Waals surface area (Å²) in [5.74, 6) is -8.08. The number of ether oxygens (including phenoxy) is 5. The van der Waals surface area contributed by atoms with Crippen LogP contribution in [0.4, 0.5) is 5.69 Å². The van der Waals surface area contributed by atoms with Gasteiger partial charge in [0.2, 0.25) is 94.9 Å². The van der Waals surface area contributed by atoms with Gasteiger partial charge in [0.1, 0.15) is 61.9 Å². The van der Waals surface area contributed by atoms with Crippen LogP contribution in [0.2, 0.25) is 0 Å². The fourth-order valence-electron chi connectivity index (χ4n) is 10.3. The molecule has 109 heavy (non-hydrogen) atoms. The molecule has 0 aliphatic carbocycles. The number of ketones is 3. The number of aliphatic carboxylic acids is 1. The van der Waals surface area contributed by atoms with Gasteiger partial charge in [0.15, 0.2) is 11.9 Å². The van der Waals surface area contributed by atoms with Gasteiger partial charge in [-0.15, -0.1) is 0 Å². The molecule has 1 aromatic carbocycles. The second-order valence-corrected chi connectivity index (χ2v) is 26.0. The van der Waals surface area contributed by atoms with E-state index in [0.717, 1.165) is 9.80 Å². The minimum atomic E-state index is -1.95. The third-order valence-electron chi connectivity index (χ3n) is 16.3. The SMILES string of the molecule is CC(=O)CCCOCCN1C(=O)CC(C)C1=O.CC(=O)CCN1C(=O)CC(C)C1=O.CC(=O)COCCNC(=O)CN1C(=O)CC(C)C1=O.CC(=O)OCc1ccc(O[C@@H]2O[C@H](C(=O)O)[C@@H](O)[C@H](O)[C@H]2O)c(NC(=O)CNC(=O)CN2C(=O)CC(C)C2=O)c1.CCC(=O)NCNC(C)=O.CCN1C(=O)CC(C)C1=O. The highest BCUT2D eigenvalue weighted by Crippen LogP contribution is 2.32. The zero-order chi connectivity index (χ0) is 82.7. The molecule has 15 amide bonds. The van der Waals surface area contributed by atoms with E-state index in [0.29, 0.717) is 64.0 Å². The molecule has 6 fully saturated rings. The number of Topliss-reactive ketones (excluding diaryl/α,β-unsaturated/α-hetero) is 3. The van der Waals surface area contributed by atoms with Crippen LogP contribution in [0.25, 0.3) is 0 Å². The molecule has 0 saturated carbocycles. The second-order valence-electron chi connectivity index (χ2n) is 26.0. The van der Waals surface area contributed by atoms with Gasteiger partial charge in [0.05, 0.1) is 38.7 Å². The van der Waals surface area contributed by atoms with E-state index in [2.05, 4.69) is 26.6 Å². The molecule has 0 spiro atoms. The summed E-state index contributed by atoms with van der Waals surface area (Å²) in [5, 5.41) is 51.6. The zero-order valence-electron chi connectivity index (χ0n) is 63.3. The Hall–Kier alpha value is -10.2. The molecule has 0 bridgehead atoms. The highest BCUT2D eigenvalue weighted by atomic mass is 16.7. The van der Waals surface area contributed by atoms with Gasteiger partial charge in [0, 0.05) is 121 Å². The van der Waals surface area contributed by atoms with Crippen molar-refractivity contribution in [1.29, 1.82) is 0 Å². The normalized spacial score (nSPS) is 22.0. The molecule has 606 valence electrons. The van der Waals surface area contributed by atoms with Crippen LogP contribution in [0.1, 0.15) is 146 Å². The van der Waals surface area contributed by atoms with Crippen molar-refractivity contribution in [2.75, 3.05) is 84.2 Å². The molecule has 0 radical (unpaired) electrons. The number of carboxylic acid groups (broad SMARTS) is 1. The lowest BCUT2D eigenvalue weighted by Crippen LogP contribution is -2.61. The van der Waals surface area contributed by atoms with Crippen LogP contribution in [0.5, 0.6) is 5.75 Å². The van der Waals surface area contributed by atoms with Gasteiger partial charge in [-0.3, -0.25) is 111 Å². The quantitative estimate of drug-likeness (QED) is 0.0163. The van der Waals surface area contributed by atoms with E-state index in [4.69, 9.17) is 23.7 Å². The van der Waals surface area contributed by atoms with Crippen LogP contribution in [0.3, 0.4) is 0 Å². The van der Waals surface area contributed by atoms with Crippen LogP contribution >= 0.6 is 0 Å². The summed E-state index contributed by atoms with van der Waals surface area (Å²) in [4.78, 5) is 231. The summed E-state index contributed by atoms with van der Waals surface area (Å²) in [7, 11) is 0. The second kappa shape index (κ2) is 47.6. The van der Waals surface area contributed by atoms with E-state index in [9.17, 15) is 116 Å². The maximum atomic E-state index is 12.6. The number of rotatable bonds is 31. The molecule has 7 rings (SSSR count). The maximum absolute atomic E-state index is 12.6. The lowest BCUT2D eigenvalue weighted by molar-refractivity contribution is -0.271.